The third-order valence-corrected chi connectivity index (χ3v) is 2.08. The van der Waals surface area contributed by atoms with Crippen LogP contribution < -0.4 is 51.4 Å². The molecule has 0 rings (SSSR count). The van der Waals surface area contributed by atoms with Crippen molar-refractivity contribution in [2.24, 2.45) is 0 Å². The molecule has 0 heterocycles. The fourth-order valence-corrected chi connectivity index (χ4v) is 0.948. The van der Waals surface area contributed by atoms with Crippen molar-refractivity contribution in [3.8, 4) is 0 Å². The molecule has 7 heteroatoms. The minimum atomic E-state index is -4.92. The molecule has 1 atom stereocenters. The minimum Gasteiger partial charge on any atom is -0.445 e. The molecule has 0 amide bonds. The predicted molar refractivity (Wildman–Crippen MR) is 52.2 cm³/mol. The summed E-state index contributed by atoms with van der Waals surface area (Å²) in [5, 5.41) is 0. The van der Waals surface area contributed by atoms with E-state index in [1.165, 1.54) is 7.11 Å². The first kappa shape index (κ1) is 18.5. The van der Waals surface area contributed by atoms with E-state index in [1.807, 2.05) is 0 Å². The topological polar surface area (TPSA) is 12.5 Å². The van der Waals surface area contributed by atoms with Crippen molar-refractivity contribution in [1.29, 1.82) is 0 Å². The molecule has 15 heavy (non-hydrogen) atoms. The smallest absolute Gasteiger partial charge is 0.445 e. The zero-order valence-electron chi connectivity index (χ0n) is 9.77. The molecule has 0 N–H and O–H groups in total. The summed E-state index contributed by atoms with van der Waals surface area (Å²) >= 11 is 0. The molecule has 0 bridgehead atoms. The number of likely N-dealkylation sites (N-methyl/N-ethyl adjacent to an activating group) is 1. The first-order valence-electron chi connectivity index (χ1n) is 4.35. The molecule has 0 fully saturated rings. The summed E-state index contributed by atoms with van der Waals surface area (Å²) in [5.74, 6) is 0. The van der Waals surface area contributed by atoms with Crippen LogP contribution in [0.15, 0.2) is 12.1 Å². The summed E-state index contributed by atoms with van der Waals surface area (Å²) in [6, 6.07) is -0.0464. The van der Waals surface area contributed by atoms with Gasteiger partial charge in [0, 0.05) is 13.2 Å². The van der Waals surface area contributed by atoms with Crippen molar-refractivity contribution in [1.82, 2.24) is 4.90 Å². The van der Waals surface area contributed by atoms with Crippen molar-refractivity contribution < 1.29 is 69.1 Å². The van der Waals surface area contributed by atoms with Crippen LogP contribution in [0.1, 0.15) is 6.92 Å². The second-order valence-electron chi connectivity index (χ2n) is 3.45. The van der Waals surface area contributed by atoms with Crippen LogP contribution >= 0.6 is 0 Å². The number of hydrogen-bond acceptors (Lipinski definition) is 2. The van der Waals surface area contributed by atoms with Gasteiger partial charge in [0.05, 0.1) is 6.61 Å². The fraction of sp³-hybridized carbons (Fsp3) is 0.750. The minimum absolute atomic E-state index is 0. The largest absolute Gasteiger partial charge is 1.00 e. The Kier molecular flexibility index (Phi) is 10.2. The number of halogens is 3. The Bertz CT molecular complexity index is 201. The molecule has 0 aliphatic heterocycles. The van der Waals surface area contributed by atoms with Crippen molar-refractivity contribution in [2.45, 2.75) is 13.0 Å². The SMILES string of the molecule is C=C(CN(C)C(C)COC)[B-](F)(F)F.[K+]. The molecular weight excluding hydrogens is 233 g/mol. The zero-order valence-corrected chi connectivity index (χ0v) is 12.9. The quantitative estimate of drug-likeness (QED) is 0.554. The van der Waals surface area contributed by atoms with Gasteiger partial charge in [0.2, 0.25) is 0 Å². The summed E-state index contributed by atoms with van der Waals surface area (Å²) in [4.78, 5) is 1.57. The maximum Gasteiger partial charge on any atom is 1.00 e. The Balaban J connectivity index is 0. The molecule has 0 saturated carbocycles. The Morgan fingerprint density at radius 1 is 1.47 bits per heavy atom. The van der Waals surface area contributed by atoms with Gasteiger partial charge in [-0.25, -0.2) is 0 Å². The average Bonchev–Trinajstić information content (AvgIpc) is 2.02. The van der Waals surface area contributed by atoms with E-state index in [-0.39, 0.29) is 64.0 Å². The second kappa shape index (κ2) is 8.27. The fourth-order valence-electron chi connectivity index (χ4n) is 0.948. The van der Waals surface area contributed by atoms with Crippen molar-refractivity contribution >= 4 is 6.98 Å². The van der Waals surface area contributed by atoms with Crippen LogP contribution in [0, 0.1) is 0 Å². The van der Waals surface area contributed by atoms with Gasteiger partial charge in [-0.1, -0.05) is 0 Å². The van der Waals surface area contributed by atoms with Gasteiger partial charge < -0.3 is 22.6 Å². The van der Waals surface area contributed by atoms with Crippen molar-refractivity contribution in [3.63, 3.8) is 0 Å². The molecule has 84 valence electrons. The molecule has 0 spiro atoms. The van der Waals surface area contributed by atoms with Crippen LogP contribution in [0.3, 0.4) is 0 Å². The first-order chi connectivity index (χ1) is 6.29. The summed E-state index contributed by atoms with van der Waals surface area (Å²) in [7, 11) is 3.14. The number of methoxy groups -OCH3 is 1. The third-order valence-electron chi connectivity index (χ3n) is 2.08. The Morgan fingerprint density at radius 3 is 2.27 bits per heavy atom. The van der Waals surface area contributed by atoms with Gasteiger partial charge in [0.1, 0.15) is 0 Å². The zero-order chi connectivity index (χ0) is 11.4. The van der Waals surface area contributed by atoms with Crippen molar-refractivity contribution in [3.05, 3.63) is 12.1 Å². The molecule has 0 saturated heterocycles. The normalized spacial score (nSPS) is 13.5. The summed E-state index contributed by atoms with van der Waals surface area (Å²) in [5.41, 5.74) is -0.671. The number of rotatable bonds is 6. The maximum atomic E-state index is 12.2. The van der Waals surface area contributed by atoms with E-state index in [0.29, 0.717) is 6.61 Å². The van der Waals surface area contributed by atoms with Gasteiger partial charge in [-0.2, -0.15) is 0 Å². The van der Waals surface area contributed by atoms with Crippen LogP contribution in [-0.2, 0) is 4.74 Å². The van der Waals surface area contributed by atoms with E-state index in [2.05, 4.69) is 6.58 Å². The van der Waals surface area contributed by atoms with Crippen molar-refractivity contribution in [2.75, 3.05) is 27.3 Å². The van der Waals surface area contributed by atoms with E-state index >= 15 is 0 Å². The van der Waals surface area contributed by atoms with Gasteiger partial charge in [-0.3, -0.25) is 0 Å². The molecule has 1 unspecified atom stereocenters. The van der Waals surface area contributed by atoms with Crippen LogP contribution in [0.4, 0.5) is 12.9 Å². The monoisotopic (exact) mass is 249 g/mol. The molecule has 0 radical (unpaired) electrons. The summed E-state index contributed by atoms with van der Waals surface area (Å²) in [6.07, 6.45) is 0. The van der Waals surface area contributed by atoms with E-state index < -0.39 is 12.4 Å². The maximum absolute atomic E-state index is 12.2. The van der Waals surface area contributed by atoms with Gasteiger partial charge in [-0.15, -0.1) is 12.1 Å². The van der Waals surface area contributed by atoms with E-state index in [0.717, 1.165) is 0 Å². The van der Waals surface area contributed by atoms with Crippen LogP contribution in [0.2, 0.25) is 0 Å². The Labute approximate surface area is 132 Å². The molecule has 2 nitrogen and oxygen atoms in total. The van der Waals surface area contributed by atoms with Gasteiger partial charge in [-0.05, 0) is 20.5 Å². The Hall–Kier alpha value is 1.15. The first-order valence-corrected chi connectivity index (χ1v) is 4.35. The van der Waals surface area contributed by atoms with Crippen LogP contribution in [0.25, 0.3) is 0 Å². The van der Waals surface area contributed by atoms with E-state index in [9.17, 15) is 12.9 Å². The van der Waals surface area contributed by atoms with Gasteiger partial charge in [0.15, 0.2) is 0 Å². The van der Waals surface area contributed by atoms with Gasteiger partial charge in [0.25, 0.3) is 0 Å². The standard InChI is InChI=1S/C8H16BF3NO.K/c1-7(9(10,11)12)5-13(3)8(2)6-14-4;/h8H,1,5-6H2,2-4H3;/q-1;+1. The molecule has 0 aromatic heterocycles. The predicted octanol–water partition coefficient (Wildman–Crippen LogP) is -1.10. The van der Waals surface area contributed by atoms with E-state index in [4.69, 9.17) is 4.74 Å². The molecule has 0 aliphatic rings. The molecule has 0 aromatic rings. The average molecular weight is 249 g/mol. The van der Waals surface area contributed by atoms with Gasteiger partial charge >= 0.3 is 58.4 Å². The molecular formula is C8H16BF3KNO. The Morgan fingerprint density at radius 2 is 1.93 bits per heavy atom. The van der Waals surface area contributed by atoms with E-state index in [1.54, 1.807) is 18.9 Å². The third kappa shape index (κ3) is 7.95. The summed E-state index contributed by atoms with van der Waals surface area (Å²) in [6.45, 7) is 0.169. The van der Waals surface area contributed by atoms with Crippen LogP contribution in [-0.4, -0.2) is 45.2 Å². The number of nitrogens with zero attached hydrogens (tertiary/aromatic N) is 1. The second-order valence-corrected chi connectivity index (χ2v) is 3.45. The summed E-state index contributed by atoms with van der Waals surface area (Å²) < 4.78 is 41.3. The number of hydrogen-bond donors (Lipinski definition) is 0. The molecule has 0 aliphatic carbocycles. The number of ether oxygens (including phenoxy) is 1. The van der Waals surface area contributed by atoms with Crippen LogP contribution in [0.5, 0.6) is 0 Å². The molecule has 0 aromatic carbocycles.